The van der Waals surface area contributed by atoms with Crippen LogP contribution in [0, 0.1) is 11.7 Å². The van der Waals surface area contributed by atoms with Crippen molar-refractivity contribution in [2.24, 2.45) is 5.92 Å². The van der Waals surface area contributed by atoms with Crippen LogP contribution in [0.4, 0.5) is 9.18 Å². The summed E-state index contributed by atoms with van der Waals surface area (Å²) in [4.78, 5) is 26.6. The molecule has 3 aromatic rings. The number of carbonyl (C=O) groups excluding carboxylic acids is 1. The molecule has 5 rings (SSSR count). The van der Waals surface area contributed by atoms with E-state index in [1.54, 1.807) is 10.6 Å². The second kappa shape index (κ2) is 8.89. The summed E-state index contributed by atoms with van der Waals surface area (Å²) in [6.45, 7) is 1.17. The molecule has 1 atom stereocenters. The molecule has 0 bridgehead atoms. The number of benzene rings is 2. The van der Waals surface area contributed by atoms with Crippen LogP contribution >= 0.6 is 0 Å². The van der Waals surface area contributed by atoms with E-state index >= 15 is 0 Å². The lowest BCUT2D eigenvalue weighted by Gasteiger charge is -2.29. The number of carboxylic acid groups (broad SMARTS) is 1. The van der Waals surface area contributed by atoms with E-state index < -0.39 is 5.97 Å². The Bertz CT molecular complexity index is 1190. The summed E-state index contributed by atoms with van der Waals surface area (Å²) < 4.78 is 15.8. The van der Waals surface area contributed by atoms with Gasteiger partial charge in [-0.1, -0.05) is 30.3 Å². The number of amides is 2. The van der Waals surface area contributed by atoms with Gasteiger partial charge in [0.2, 0.25) is 0 Å². The first-order valence-corrected chi connectivity index (χ1v) is 11.6. The largest absolute Gasteiger partial charge is 0.480 e. The molecule has 1 heterocycles. The highest BCUT2D eigenvalue weighted by Gasteiger charge is 2.30. The molecule has 0 saturated heterocycles. The monoisotopic (exact) mass is 449 g/mol. The summed E-state index contributed by atoms with van der Waals surface area (Å²) in [5.74, 6) is -0.692. The Balaban J connectivity index is 1.36. The highest BCUT2D eigenvalue weighted by atomic mass is 19.1. The van der Waals surface area contributed by atoms with Gasteiger partial charge in [0, 0.05) is 35.7 Å². The van der Waals surface area contributed by atoms with Gasteiger partial charge in [0.25, 0.3) is 0 Å². The minimum absolute atomic E-state index is 0.0698. The Hall–Kier alpha value is -3.35. The average Bonchev–Trinajstić information content (AvgIpc) is 3.57. The summed E-state index contributed by atoms with van der Waals surface area (Å²) in [5, 5.41) is 13.3. The Morgan fingerprint density at radius 3 is 2.64 bits per heavy atom. The van der Waals surface area contributed by atoms with Crippen molar-refractivity contribution in [3.05, 3.63) is 71.2 Å². The SMILES string of the molecule is O=C(O)Cn1c2c(c3cc(F)ccc31)C[C@@H](NC(=O)N(Cc1ccccc1)CC1CC1)CC2. The van der Waals surface area contributed by atoms with Gasteiger partial charge in [0.15, 0.2) is 0 Å². The number of fused-ring (bicyclic) bond motifs is 3. The highest BCUT2D eigenvalue weighted by Crippen LogP contribution is 2.33. The average molecular weight is 450 g/mol. The summed E-state index contributed by atoms with van der Waals surface area (Å²) in [6, 6.07) is 14.4. The molecule has 0 spiro atoms. The zero-order valence-corrected chi connectivity index (χ0v) is 18.5. The zero-order chi connectivity index (χ0) is 22.9. The fourth-order valence-electron chi connectivity index (χ4n) is 4.96. The number of urea groups is 1. The minimum atomic E-state index is -0.925. The zero-order valence-electron chi connectivity index (χ0n) is 18.5. The molecule has 2 aromatic carbocycles. The van der Waals surface area contributed by atoms with E-state index in [2.05, 4.69) is 5.32 Å². The Kier molecular flexibility index (Phi) is 5.79. The van der Waals surface area contributed by atoms with Gasteiger partial charge in [-0.15, -0.1) is 0 Å². The summed E-state index contributed by atoms with van der Waals surface area (Å²) in [6.07, 6.45) is 4.27. The molecule has 1 saturated carbocycles. The highest BCUT2D eigenvalue weighted by molar-refractivity contribution is 5.87. The van der Waals surface area contributed by atoms with Crippen molar-refractivity contribution in [3.8, 4) is 0 Å². The standard InChI is InChI=1S/C26H28FN3O3/c27-19-8-10-23-21(12-19)22-13-20(9-11-24(22)30(23)16-25(31)32)28-26(33)29(15-18-6-7-18)14-17-4-2-1-3-5-17/h1-5,8,10,12,18,20H,6-7,9,11,13-16H2,(H,28,33)(H,31,32)/t20-/m0/s1. The number of rotatable bonds is 7. The molecular formula is C26H28FN3O3. The summed E-state index contributed by atoms with van der Waals surface area (Å²) in [7, 11) is 0. The van der Waals surface area contributed by atoms with Gasteiger partial charge in [-0.3, -0.25) is 4.79 Å². The Morgan fingerprint density at radius 1 is 1.12 bits per heavy atom. The van der Waals surface area contributed by atoms with E-state index in [4.69, 9.17) is 0 Å². The number of carbonyl (C=O) groups is 2. The van der Waals surface area contributed by atoms with Gasteiger partial charge in [0.05, 0.1) is 0 Å². The fourth-order valence-corrected chi connectivity index (χ4v) is 4.96. The molecule has 2 amide bonds. The third-order valence-corrected chi connectivity index (χ3v) is 6.73. The summed E-state index contributed by atoms with van der Waals surface area (Å²) in [5.41, 5.74) is 3.71. The topological polar surface area (TPSA) is 74.6 Å². The minimum Gasteiger partial charge on any atom is -0.480 e. The number of hydrogen-bond acceptors (Lipinski definition) is 2. The van der Waals surface area contributed by atoms with E-state index in [1.165, 1.54) is 25.0 Å². The van der Waals surface area contributed by atoms with Crippen molar-refractivity contribution < 1.29 is 19.1 Å². The van der Waals surface area contributed by atoms with E-state index in [0.29, 0.717) is 25.3 Å². The van der Waals surface area contributed by atoms with Gasteiger partial charge in [-0.25, -0.2) is 9.18 Å². The predicted molar refractivity (Wildman–Crippen MR) is 123 cm³/mol. The van der Waals surface area contributed by atoms with Crippen LogP contribution in [0.15, 0.2) is 48.5 Å². The molecule has 33 heavy (non-hydrogen) atoms. The van der Waals surface area contributed by atoms with Gasteiger partial charge < -0.3 is 19.9 Å². The quantitative estimate of drug-likeness (QED) is 0.563. The van der Waals surface area contributed by atoms with Crippen molar-refractivity contribution in [2.45, 2.75) is 51.2 Å². The number of carboxylic acids is 1. The maximum Gasteiger partial charge on any atom is 0.323 e. The van der Waals surface area contributed by atoms with E-state index in [9.17, 15) is 19.1 Å². The smallest absolute Gasteiger partial charge is 0.323 e. The van der Waals surface area contributed by atoms with Crippen LogP contribution in [0.25, 0.3) is 10.9 Å². The maximum atomic E-state index is 14.0. The maximum absolute atomic E-state index is 14.0. The van der Waals surface area contributed by atoms with E-state index in [1.807, 2.05) is 35.2 Å². The lowest BCUT2D eigenvalue weighted by atomic mass is 9.91. The van der Waals surface area contributed by atoms with Gasteiger partial charge >= 0.3 is 12.0 Å². The first-order chi connectivity index (χ1) is 16.0. The Labute approximate surface area is 192 Å². The normalized spacial score (nSPS) is 17.5. The predicted octanol–water partition coefficient (Wildman–Crippen LogP) is 4.34. The number of halogens is 1. The molecule has 0 aliphatic heterocycles. The molecule has 2 aliphatic carbocycles. The van der Waals surface area contributed by atoms with Crippen LogP contribution in [-0.2, 0) is 30.7 Å². The van der Waals surface area contributed by atoms with E-state index in [-0.39, 0.29) is 24.4 Å². The molecule has 6 nitrogen and oxygen atoms in total. The van der Waals surface area contributed by atoms with Gasteiger partial charge in [-0.05, 0) is 67.3 Å². The first-order valence-electron chi connectivity index (χ1n) is 11.6. The molecule has 172 valence electrons. The van der Waals surface area contributed by atoms with E-state index in [0.717, 1.165) is 40.7 Å². The third kappa shape index (κ3) is 4.72. The third-order valence-electron chi connectivity index (χ3n) is 6.73. The van der Waals surface area contributed by atoms with Crippen LogP contribution in [0.5, 0.6) is 0 Å². The summed E-state index contributed by atoms with van der Waals surface area (Å²) >= 11 is 0. The van der Waals surface area contributed by atoms with Crippen molar-refractivity contribution >= 4 is 22.9 Å². The molecule has 0 unspecified atom stereocenters. The van der Waals surface area contributed by atoms with Crippen molar-refractivity contribution in [3.63, 3.8) is 0 Å². The number of hydrogen-bond donors (Lipinski definition) is 2. The molecule has 2 aliphatic rings. The van der Waals surface area contributed by atoms with Crippen molar-refractivity contribution in [1.29, 1.82) is 0 Å². The Morgan fingerprint density at radius 2 is 1.91 bits per heavy atom. The molecule has 2 N–H and O–H groups in total. The second-order valence-electron chi connectivity index (χ2n) is 9.27. The van der Waals surface area contributed by atoms with Crippen molar-refractivity contribution in [2.75, 3.05) is 6.54 Å². The van der Waals surface area contributed by atoms with Crippen LogP contribution < -0.4 is 5.32 Å². The van der Waals surface area contributed by atoms with Gasteiger partial charge in [-0.2, -0.15) is 0 Å². The molecule has 1 aromatic heterocycles. The van der Waals surface area contributed by atoms with Crippen LogP contribution in [-0.4, -0.2) is 39.2 Å². The van der Waals surface area contributed by atoms with Crippen LogP contribution in [0.2, 0.25) is 0 Å². The second-order valence-corrected chi connectivity index (χ2v) is 9.27. The lowest BCUT2D eigenvalue weighted by molar-refractivity contribution is -0.137. The number of nitrogens with zero attached hydrogens (tertiary/aromatic N) is 2. The van der Waals surface area contributed by atoms with Crippen molar-refractivity contribution in [1.82, 2.24) is 14.8 Å². The number of aromatic nitrogens is 1. The molecular weight excluding hydrogens is 421 g/mol. The molecule has 1 fully saturated rings. The first kappa shape index (κ1) is 21.5. The van der Waals surface area contributed by atoms with Gasteiger partial charge in [0.1, 0.15) is 12.4 Å². The number of aliphatic carboxylic acids is 1. The van der Waals surface area contributed by atoms with Crippen LogP contribution in [0.1, 0.15) is 36.1 Å². The lowest BCUT2D eigenvalue weighted by Crippen LogP contribution is -2.47. The number of nitrogens with one attached hydrogen (secondary N) is 1. The molecule has 0 radical (unpaired) electrons. The fraction of sp³-hybridized carbons (Fsp3) is 0.385. The molecule has 7 heteroatoms. The van der Waals surface area contributed by atoms with Crippen LogP contribution in [0.3, 0.4) is 0 Å².